The largest absolute Gasteiger partial charge is 0.394 e. The molecule has 7 nitrogen and oxygen atoms in total. The van der Waals surface area contributed by atoms with Gasteiger partial charge in [-0.3, -0.25) is 14.4 Å². The summed E-state index contributed by atoms with van der Waals surface area (Å²) in [4.78, 5) is 39.8. The highest BCUT2D eigenvalue weighted by molar-refractivity contribution is 5.97. The van der Waals surface area contributed by atoms with Crippen LogP contribution in [-0.4, -0.2) is 59.5 Å². The quantitative estimate of drug-likeness (QED) is 0.603. The Labute approximate surface area is 148 Å². The van der Waals surface area contributed by atoms with Crippen LogP contribution >= 0.6 is 0 Å². The first kappa shape index (κ1) is 19.4. The second-order valence-electron chi connectivity index (χ2n) is 7.37. The number of amides is 3. The fourth-order valence-corrected chi connectivity index (χ4v) is 4.04. The maximum atomic E-state index is 13.1. The van der Waals surface area contributed by atoms with Gasteiger partial charge in [0.25, 0.3) is 0 Å². The first-order chi connectivity index (χ1) is 11.7. The Morgan fingerprint density at radius 1 is 1.24 bits per heavy atom. The highest BCUT2D eigenvalue weighted by Crippen LogP contribution is 2.44. The van der Waals surface area contributed by atoms with Crippen LogP contribution in [0.2, 0.25) is 0 Å². The molecular formula is C18H29N3O4. The Morgan fingerprint density at radius 2 is 1.88 bits per heavy atom. The molecule has 7 heteroatoms. The summed E-state index contributed by atoms with van der Waals surface area (Å²) in [5.74, 6) is -2.25. The van der Waals surface area contributed by atoms with Gasteiger partial charge in [-0.1, -0.05) is 19.1 Å². The molecule has 2 rings (SSSR count). The van der Waals surface area contributed by atoms with E-state index in [4.69, 9.17) is 0 Å². The van der Waals surface area contributed by atoms with Crippen LogP contribution in [0.3, 0.4) is 0 Å². The molecule has 0 aromatic heterocycles. The second-order valence-corrected chi connectivity index (χ2v) is 7.37. The Bertz CT molecular complexity index is 575. The predicted molar refractivity (Wildman–Crippen MR) is 93.3 cm³/mol. The molecule has 140 valence electrons. The van der Waals surface area contributed by atoms with Crippen LogP contribution in [0.5, 0.6) is 0 Å². The number of fused-ring (bicyclic) bond motifs is 1. The van der Waals surface area contributed by atoms with Crippen molar-refractivity contribution in [3.63, 3.8) is 0 Å². The Balaban J connectivity index is 2.47. The molecule has 0 bridgehead atoms. The fourth-order valence-electron chi connectivity index (χ4n) is 4.04. The van der Waals surface area contributed by atoms with E-state index in [9.17, 15) is 19.5 Å². The van der Waals surface area contributed by atoms with Gasteiger partial charge in [0.05, 0.1) is 24.5 Å². The molecule has 6 atom stereocenters. The Hall–Kier alpha value is -1.89. The Kier molecular flexibility index (Phi) is 5.87. The van der Waals surface area contributed by atoms with E-state index in [0.29, 0.717) is 0 Å². The third-order valence-electron chi connectivity index (χ3n) is 5.20. The number of allylic oxidation sites excluding steroid dienone is 1. The first-order valence-corrected chi connectivity index (χ1v) is 8.87. The van der Waals surface area contributed by atoms with Gasteiger partial charge in [0, 0.05) is 19.0 Å². The van der Waals surface area contributed by atoms with Crippen molar-refractivity contribution in [2.24, 2.45) is 23.7 Å². The molecular weight excluding hydrogens is 322 g/mol. The van der Waals surface area contributed by atoms with E-state index >= 15 is 0 Å². The van der Waals surface area contributed by atoms with E-state index in [-0.39, 0.29) is 42.2 Å². The fraction of sp³-hybridized carbons (Fsp3) is 0.722. The number of aliphatic hydroxyl groups is 1. The van der Waals surface area contributed by atoms with Crippen molar-refractivity contribution in [3.8, 4) is 0 Å². The topological polar surface area (TPSA) is 98.7 Å². The third kappa shape index (κ3) is 3.42. The zero-order valence-electron chi connectivity index (χ0n) is 15.5. The van der Waals surface area contributed by atoms with Crippen LogP contribution in [0.25, 0.3) is 0 Å². The van der Waals surface area contributed by atoms with Crippen LogP contribution in [0, 0.1) is 23.7 Å². The molecule has 0 unspecified atom stereocenters. The lowest BCUT2D eigenvalue weighted by atomic mass is 9.70. The number of hydrogen-bond acceptors (Lipinski definition) is 4. The van der Waals surface area contributed by atoms with Crippen molar-refractivity contribution in [1.29, 1.82) is 0 Å². The molecule has 3 amide bonds. The molecule has 1 aliphatic heterocycles. The van der Waals surface area contributed by atoms with E-state index < -0.39 is 23.9 Å². The lowest BCUT2D eigenvalue weighted by molar-refractivity contribution is -0.143. The minimum absolute atomic E-state index is 0.0610. The van der Waals surface area contributed by atoms with Gasteiger partial charge >= 0.3 is 0 Å². The number of nitrogens with zero attached hydrogens (tertiary/aromatic N) is 1. The lowest BCUT2D eigenvalue weighted by Crippen LogP contribution is -2.52. The Morgan fingerprint density at radius 3 is 2.40 bits per heavy atom. The smallest absolute Gasteiger partial charge is 0.243 e. The summed E-state index contributed by atoms with van der Waals surface area (Å²) in [5, 5.41) is 15.1. The van der Waals surface area contributed by atoms with E-state index in [1.807, 2.05) is 32.9 Å². The summed E-state index contributed by atoms with van der Waals surface area (Å²) in [7, 11) is 1.55. The number of aliphatic hydroxyl groups excluding tert-OH is 1. The van der Waals surface area contributed by atoms with Crippen molar-refractivity contribution < 1.29 is 19.5 Å². The van der Waals surface area contributed by atoms with Gasteiger partial charge in [0.1, 0.15) is 6.04 Å². The predicted octanol–water partition coefficient (Wildman–Crippen LogP) is -0.0969. The third-order valence-corrected chi connectivity index (χ3v) is 5.20. The molecule has 1 heterocycles. The van der Waals surface area contributed by atoms with Gasteiger partial charge in [0.2, 0.25) is 17.7 Å². The molecule has 1 fully saturated rings. The molecule has 0 aromatic rings. The monoisotopic (exact) mass is 351 g/mol. The molecule has 1 saturated heterocycles. The lowest BCUT2D eigenvalue weighted by Gasteiger charge is -2.33. The van der Waals surface area contributed by atoms with Crippen LogP contribution < -0.4 is 10.6 Å². The molecule has 0 spiro atoms. The standard InChI is InChI=1S/C18H29N3O4/c1-9(2)20-17(24)15-12-7-6-10(3)13(16(23)19-5)14(12)18(25)21(15)11(4)8-22/h6-7,9-15,22H,8H2,1-5H3,(H,19,23)(H,20,24)/t10-,11-,12+,13-,14-,15+/m1/s1. The number of likely N-dealkylation sites (tertiary alicyclic amines) is 1. The van der Waals surface area contributed by atoms with Crippen LogP contribution in [-0.2, 0) is 14.4 Å². The number of carbonyl (C=O) groups is 3. The van der Waals surface area contributed by atoms with E-state index in [2.05, 4.69) is 10.6 Å². The minimum atomic E-state index is -0.710. The molecule has 1 aliphatic carbocycles. The highest BCUT2D eigenvalue weighted by atomic mass is 16.3. The first-order valence-electron chi connectivity index (χ1n) is 8.87. The van der Waals surface area contributed by atoms with Crippen LogP contribution in [0.15, 0.2) is 12.2 Å². The van der Waals surface area contributed by atoms with Gasteiger partial charge < -0.3 is 20.6 Å². The average Bonchev–Trinajstić information content (AvgIpc) is 2.86. The van der Waals surface area contributed by atoms with Crippen molar-refractivity contribution >= 4 is 17.7 Å². The van der Waals surface area contributed by atoms with Gasteiger partial charge in [0.15, 0.2) is 0 Å². The molecule has 0 saturated carbocycles. The van der Waals surface area contributed by atoms with E-state index in [1.165, 1.54) is 4.90 Å². The number of rotatable bonds is 5. The summed E-state index contributed by atoms with van der Waals surface area (Å²) in [6, 6.07) is -1.26. The van der Waals surface area contributed by atoms with Crippen LogP contribution in [0.4, 0.5) is 0 Å². The van der Waals surface area contributed by atoms with Gasteiger partial charge in [-0.2, -0.15) is 0 Å². The van der Waals surface area contributed by atoms with Crippen molar-refractivity contribution in [3.05, 3.63) is 12.2 Å². The zero-order chi connectivity index (χ0) is 18.9. The van der Waals surface area contributed by atoms with Crippen molar-refractivity contribution in [2.45, 2.75) is 45.8 Å². The zero-order valence-corrected chi connectivity index (χ0v) is 15.5. The second kappa shape index (κ2) is 7.56. The summed E-state index contributed by atoms with van der Waals surface area (Å²) in [6.45, 7) is 7.10. The molecule has 2 aliphatic rings. The van der Waals surface area contributed by atoms with Gasteiger partial charge in [-0.05, 0) is 26.7 Å². The molecule has 0 radical (unpaired) electrons. The summed E-state index contributed by atoms with van der Waals surface area (Å²) in [5.41, 5.74) is 0. The maximum absolute atomic E-state index is 13.1. The average molecular weight is 351 g/mol. The molecule has 0 aromatic carbocycles. The van der Waals surface area contributed by atoms with E-state index in [0.717, 1.165) is 0 Å². The SMILES string of the molecule is CNC(=O)[C@H]1[C@@H]2C(=O)N([C@H](C)CO)[C@H](C(=O)NC(C)C)[C@H]2C=C[C@H]1C. The normalized spacial score (nSPS) is 32.5. The van der Waals surface area contributed by atoms with Crippen molar-refractivity contribution in [2.75, 3.05) is 13.7 Å². The summed E-state index contributed by atoms with van der Waals surface area (Å²) in [6.07, 6.45) is 3.80. The van der Waals surface area contributed by atoms with Gasteiger partial charge in [-0.25, -0.2) is 0 Å². The molecule has 3 N–H and O–H groups in total. The number of nitrogens with one attached hydrogen (secondary N) is 2. The summed E-state index contributed by atoms with van der Waals surface area (Å²) < 4.78 is 0. The molecule has 25 heavy (non-hydrogen) atoms. The number of hydrogen-bond donors (Lipinski definition) is 3. The van der Waals surface area contributed by atoms with Crippen LogP contribution in [0.1, 0.15) is 27.7 Å². The minimum Gasteiger partial charge on any atom is -0.394 e. The maximum Gasteiger partial charge on any atom is 0.243 e. The van der Waals surface area contributed by atoms with Gasteiger partial charge in [-0.15, -0.1) is 0 Å². The van der Waals surface area contributed by atoms with Crippen molar-refractivity contribution in [1.82, 2.24) is 15.5 Å². The summed E-state index contributed by atoms with van der Waals surface area (Å²) >= 11 is 0. The number of carbonyl (C=O) groups excluding carboxylic acids is 3. The van der Waals surface area contributed by atoms with E-state index in [1.54, 1.807) is 14.0 Å². The highest BCUT2D eigenvalue weighted by Gasteiger charge is 2.57.